The number of hydrogen-bond donors (Lipinski definition) is 2. The summed E-state index contributed by atoms with van der Waals surface area (Å²) in [5, 5.41) is 10.3. The van der Waals surface area contributed by atoms with Crippen LogP contribution >= 0.6 is 27.3 Å². The van der Waals surface area contributed by atoms with Crippen molar-refractivity contribution in [1.82, 2.24) is 4.98 Å². The van der Waals surface area contributed by atoms with Crippen LogP contribution in [0.25, 0.3) is 0 Å². The van der Waals surface area contributed by atoms with Gasteiger partial charge in [0.1, 0.15) is 6.10 Å². The minimum atomic E-state index is -0.427. The van der Waals surface area contributed by atoms with E-state index in [-0.39, 0.29) is 4.83 Å². The van der Waals surface area contributed by atoms with E-state index in [4.69, 9.17) is 5.73 Å². The van der Waals surface area contributed by atoms with Crippen molar-refractivity contribution in [2.75, 3.05) is 5.73 Å². The molecule has 1 heterocycles. The summed E-state index contributed by atoms with van der Waals surface area (Å²) in [6, 6.07) is 0. The number of aromatic nitrogens is 1. The van der Waals surface area contributed by atoms with E-state index in [2.05, 4.69) is 20.9 Å². The van der Waals surface area contributed by atoms with Crippen LogP contribution in [0.4, 0.5) is 5.13 Å². The first-order chi connectivity index (χ1) is 5.68. The van der Waals surface area contributed by atoms with Crippen molar-refractivity contribution < 1.29 is 5.11 Å². The lowest BCUT2D eigenvalue weighted by atomic mass is 10.0. The summed E-state index contributed by atoms with van der Waals surface area (Å²) in [6.45, 7) is 0. The maximum absolute atomic E-state index is 9.71. The Balaban J connectivity index is 2.41. The molecule has 1 aromatic rings. The molecule has 3 nitrogen and oxygen atoms in total. The van der Waals surface area contributed by atoms with Crippen molar-refractivity contribution in [1.29, 1.82) is 0 Å². The number of nitrogens with two attached hydrogens (primary N) is 1. The van der Waals surface area contributed by atoms with Crippen LogP contribution < -0.4 is 5.73 Å². The summed E-state index contributed by atoms with van der Waals surface area (Å²) in [7, 11) is 0. The highest BCUT2D eigenvalue weighted by Crippen LogP contribution is 2.38. The van der Waals surface area contributed by atoms with Crippen LogP contribution in [0.1, 0.15) is 23.1 Å². The molecule has 1 aliphatic rings. The second kappa shape index (κ2) is 2.97. The number of anilines is 1. The summed E-state index contributed by atoms with van der Waals surface area (Å²) >= 11 is 4.81. The highest BCUT2D eigenvalue weighted by Gasteiger charge is 2.28. The molecule has 1 aliphatic carbocycles. The normalized spacial score (nSPS) is 28.5. The van der Waals surface area contributed by atoms with E-state index in [9.17, 15) is 5.11 Å². The molecule has 0 fully saturated rings. The molecule has 2 rings (SSSR count). The lowest BCUT2D eigenvalue weighted by Crippen LogP contribution is -2.18. The first-order valence-corrected chi connectivity index (χ1v) is 5.49. The molecule has 12 heavy (non-hydrogen) atoms. The second-order valence-corrected chi connectivity index (χ2v) is 5.10. The van der Waals surface area contributed by atoms with E-state index in [1.54, 1.807) is 0 Å². The number of hydrogen-bond acceptors (Lipinski definition) is 4. The molecule has 2 unspecified atom stereocenters. The van der Waals surface area contributed by atoms with E-state index in [1.165, 1.54) is 11.3 Å². The smallest absolute Gasteiger partial charge is 0.180 e. The van der Waals surface area contributed by atoms with Crippen molar-refractivity contribution in [2.24, 2.45) is 0 Å². The summed E-state index contributed by atoms with van der Waals surface area (Å²) in [5.74, 6) is 0. The number of thiazole rings is 1. The Labute approximate surface area is 82.7 Å². The quantitative estimate of drug-likeness (QED) is 0.684. The van der Waals surface area contributed by atoms with Gasteiger partial charge in [-0.05, 0) is 12.8 Å². The highest BCUT2D eigenvalue weighted by atomic mass is 79.9. The fraction of sp³-hybridized carbons (Fsp3) is 0.571. The van der Waals surface area contributed by atoms with Gasteiger partial charge in [0.25, 0.3) is 0 Å². The van der Waals surface area contributed by atoms with Crippen LogP contribution in [0.3, 0.4) is 0 Å². The van der Waals surface area contributed by atoms with Gasteiger partial charge in [0.05, 0.1) is 10.6 Å². The van der Waals surface area contributed by atoms with Crippen LogP contribution in [-0.2, 0) is 6.42 Å². The molecule has 5 heteroatoms. The number of nitrogens with zero attached hydrogens (tertiary/aromatic N) is 1. The van der Waals surface area contributed by atoms with E-state index in [0.717, 1.165) is 23.4 Å². The molecule has 0 aliphatic heterocycles. The predicted octanol–water partition coefficient (Wildman–Crippen LogP) is 1.47. The van der Waals surface area contributed by atoms with Gasteiger partial charge in [0.15, 0.2) is 5.13 Å². The van der Waals surface area contributed by atoms with E-state index < -0.39 is 6.10 Å². The third-order valence-corrected chi connectivity index (χ3v) is 3.97. The summed E-state index contributed by atoms with van der Waals surface area (Å²) < 4.78 is 0. The Bertz CT molecular complexity index is 302. The van der Waals surface area contributed by atoms with Gasteiger partial charge in [0.2, 0.25) is 0 Å². The minimum Gasteiger partial charge on any atom is -0.386 e. The zero-order valence-electron chi connectivity index (χ0n) is 6.33. The first-order valence-electron chi connectivity index (χ1n) is 3.75. The average molecular weight is 249 g/mol. The summed E-state index contributed by atoms with van der Waals surface area (Å²) in [6.07, 6.45) is 1.41. The van der Waals surface area contributed by atoms with Gasteiger partial charge in [-0.3, -0.25) is 0 Å². The van der Waals surface area contributed by atoms with Gasteiger partial charge in [-0.15, -0.1) is 0 Å². The molecule has 0 aromatic carbocycles. The van der Waals surface area contributed by atoms with Gasteiger partial charge < -0.3 is 10.8 Å². The number of aliphatic hydroxyl groups excluding tert-OH is 1. The molecule has 0 spiro atoms. The number of alkyl halides is 1. The highest BCUT2D eigenvalue weighted by molar-refractivity contribution is 9.09. The van der Waals surface area contributed by atoms with Crippen LogP contribution in [0.2, 0.25) is 0 Å². The topological polar surface area (TPSA) is 59.1 Å². The fourth-order valence-electron chi connectivity index (χ4n) is 1.39. The number of nitrogen functional groups attached to an aromatic ring is 1. The summed E-state index contributed by atoms with van der Waals surface area (Å²) in [4.78, 5) is 5.24. The predicted molar refractivity (Wildman–Crippen MR) is 52.5 cm³/mol. The van der Waals surface area contributed by atoms with Crippen molar-refractivity contribution in [3.8, 4) is 0 Å². The first kappa shape index (κ1) is 8.47. The molecule has 0 amide bonds. The molecule has 1 aromatic heterocycles. The maximum atomic E-state index is 9.71. The Morgan fingerprint density at radius 1 is 1.67 bits per heavy atom. The largest absolute Gasteiger partial charge is 0.386 e. The third kappa shape index (κ3) is 1.26. The lowest BCUT2D eigenvalue weighted by molar-refractivity contribution is 0.169. The van der Waals surface area contributed by atoms with Crippen LogP contribution in [0.15, 0.2) is 0 Å². The van der Waals surface area contributed by atoms with Crippen molar-refractivity contribution in [3.05, 3.63) is 10.6 Å². The molecule has 0 saturated heterocycles. The maximum Gasteiger partial charge on any atom is 0.180 e. The number of rotatable bonds is 0. The van der Waals surface area contributed by atoms with E-state index in [0.29, 0.717) is 5.13 Å². The van der Waals surface area contributed by atoms with Crippen molar-refractivity contribution >= 4 is 32.4 Å². The van der Waals surface area contributed by atoms with Gasteiger partial charge in [-0.25, -0.2) is 4.98 Å². The van der Waals surface area contributed by atoms with Crippen LogP contribution in [0, 0.1) is 0 Å². The molecule has 0 bridgehead atoms. The van der Waals surface area contributed by atoms with E-state index >= 15 is 0 Å². The van der Waals surface area contributed by atoms with Gasteiger partial charge >= 0.3 is 0 Å². The molecule has 0 saturated carbocycles. The monoisotopic (exact) mass is 248 g/mol. The average Bonchev–Trinajstić information content (AvgIpc) is 2.39. The molecule has 0 radical (unpaired) electrons. The number of aryl methyl sites for hydroxylation is 1. The minimum absolute atomic E-state index is 0.157. The molecule has 66 valence electrons. The Kier molecular flexibility index (Phi) is 2.10. The second-order valence-electron chi connectivity index (χ2n) is 2.86. The standard InChI is InChI=1S/C7H9BrN2OS/c8-3-1-2-4-6(5(3)11)12-7(9)10-4/h3,5,11H,1-2H2,(H2,9,10). The molecular weight excluding hydrogens is 240 g/mol. The molecular formula is C7H9BrN2OS. The Hall–Kier alpha value is -0.130. The third-order valence-electron chi connectivity index (χ3n) is 2.01. The zero-order chi connectivity index (χ0) is 8.72. The number of halogens is 1. The van der Waals surface area contributed by atoms with Crippen LogP contribution in [-0.4, -0.2) is 14.9 Å². The summed E-state index contributed by atoms with van der Waals surface area (Å²) in [5.41, 5.74) is 6.52. The van der Waals surface area contributed by atoms with Gasteiger partial charge in [-0.2, -0.15) is 0 Å². The number of aliphatic hydroxyl groups is 1. The zero-order valence-corrected chi connectivity index (χ0v) is 8.73. The van der Waals surface area contributed by atoms with Gasteiger partial charge in [0, 0.05) is 4.83 Å². The Morgan fingerprint density at radius 2 is 2.42 bits per heavy atom. The fourth-order valence-corrected chi connectivity index (χ4v) is 2.99. The van der Waals surface area contributed by atoms with E-state index in [1.807, 2.05) is 0 Å². The van der Waals surface area contributed by atoms with Crippen molar-refractivity contribution in [3.63, 3.8) is 0 Å². The molecule has 2 atom stereocenters. The van der Waals surface area contributed by atoms with Crippen LogP contribution in [0.5, 0.6) is 0 Å². The lowest BCUT2D eigenvalue weighted by Gasteiger charge is -2.21. The number of fused-ring (bicyclic) bond motifs is 1. The van der Waals surface area contributed by atoms with Crippen molar-refractivity contribution in [2.45, 2.75) is 23.8 Å². The Morgan fingerprint density at radius 3 is 3.17 bits per heavy atom. The van der Waals surface area contributed by atoms with Gasteiger partial charge in [-0.1, -0.05) is 27.3 Å². The SMILES string of the molecule is Nc1nc2c(s1)C(O)C(Br)CC2. The molecule has 3 N–H and O–H groups in total.